The van der Waals surface area contributed by atoms with Crippen molar-refractivity contribution in [1.29, 1.82) is 0 Å². The zero-order valence-electron chi connectivity index (χ0n) is 10.3. The lowest BCUT2D eigenvalue weighted by molar-refractivity contribution is -0.143. The Morgan fingerprint density at radius 3 is 2.71 bits per heavy atom. The molecule has 0 aromatic heterocycles. The van der Waals surface area contributed by atoms with Gasteiger partial charge in [0.1, 0.15) is 0 Å². The van der Waals surface area contributed by atoms with Crippen molar-refractivity contribution in [2.24, 2.45) is 5.92 Å². The Kier molecular flexibility index (Phi) is 5.37. The van der Waals surface area contributed by atoms with Gasteiger partial charge in [-0.05, 0) is 6.54 Å². The van der Waals surface area contributed by atoms with E-state index in [0.29, 0.717) is 19.7 Å². The van der Waals surface area contributed by atoms with Gasteiger partial charge in [-0.2, -0.15) is 0 Å². The molecule has 1 aliphatic heterocycles. The van der Waals surface area contributed by atoms with E-state index < -0.39 is 11.9 Å². The van der Waals surface area contributed by atoms with Gasteiger partial charge in [0.25, 0.3) is 0 Å². The normalized spacial score (nSPS) is 23.9. The molecule has 1 saturated heterocycles. The Morgan fingerprint density at radius 2 is 2.18 bits per heavy atom. The fourth-order valence-electron chi connectivity index (χ4n) is 2.07. The van der Waals surface area contributed by atoms with Crippen molar-refractivity contribution >= 4 is 11.9 Å². The average Bonchev–Trinajstić information content (AvgIpc) is 2.72. The van der Waals surface area contributed by atoms with E-state index in [9.17, 15) is 9.59 Å². The summed E-state index contributed by atoms with van der Waals surface area (Å²) in [7, 11) is 0. The van der Waals surface area contributed by atoms with Gasteiger partial charge < -0.3 is 15.2 Å². The first-order valence-corrected chi connectivity index (χ1v) is 5.85. The molecule has 1 rings (SSSR count). The molecule has 0 aliphatic carbocycles. The van der Waals surface area contributed by atoms with Crippen LogP contribution in [0, 0.1) is 5.92 Å². The van der Waals surface area contributed by atoms with Crippen LogP contribution >= 0.6 is 0 Å². The molecule has 0 aromatic rings. The summed E-state index contributed by atoms with van der Waals surface area (Å²) >= 11 is 0. The van der Waals surface area contributed by atoms with Crippen LogP contribution in [0.15, 0.2) is 0 Å². The van der Waals surface area contributed by atoms with Crippen LogP contribution in [-0.2, 0) is 14.3 Å². The molecule has 1 heterocycles. The van der Waals surface area contributed by atoms with Gasteiger partial charge in [0.05, 0.1) is 19.1 Å². The standard InChI is InChI=1S/C11H20N2O4/c1-3-13(5-4-12-8(2)14)10-7-17-6-9(10)11(15)16/h9-10H,3-7H2,1-2H3,(H,12,14)(H,15,16). The predicted molar refractivity (Wildman–Crippen MR) is 61.7 cm³/mol. The van der Waals surface area contributed by atoms with Crippen molar-refractivity contribution in [1.82, 2.24) is 10.2 Å². The van der Waals surface area contributed by atoms with Gasteiger partial charge >= 0.3 is 5.97 Å². The van der Waals surface area contributed by atoms with Crippen molar-refractivity contribution in [3.63, 3.8) is 0 Å². The molecule has 1 amide bonds. The molecule has 0 aromatic carbocycles. The molecule has 0 bridgehead atoms. The van der Waals surface area contributed by atoms with Crippen molar-refractivity contribution in [2.45, 2.75) is 19.9 Å². The summed E-state index contributed by atoms with van der Waals surface area (Å²) in [5, 5.41) is 11.8. The third-order valence-corrected chi connectivity index (χ3v) is 3.02. The minimum absolute atomic E-state index is 0.0708. The number of aliphatic carboxylic acids is 1. The number of nitrogens with zero attached hydrogens (tertiary/aromatic N) is 1. The summed E-state index contributed by atoms with van der Waals surface area (Å²) in [6.45, 7) is 6.10. The van der Waals surface area contributed by atoms with Crippen LogP contribution in [-0.4, -0.2) is 60.8 Å². The summed E-state index contributed by atoms with van der Waals surface area (Å²) in [6, 6.07) is -0.0914. The lowest BCUT2D eigenvalue weighted by atomic mass is 10.0. The zero-order chi connectivity index (χ0) is 12.8. The quantitative estimate of drug-likeness (QED) is 0.661. The number of hydrogen-bond donors (Lipinski definition) is 2. The van der Waals surface area contributed by atoms with Gasteiger partial charge in [-0.1, -0.05) is 6.92 Å². The first-order chi connectivity index (χ1) is 8.06. The van der Waals surface area contributed by atoms with Gasteiger partial charge in [0.2, 0.25) is 5.91 Å². The Labute approximate surface area is 101 Å². The fourth-order valence-corrected chi connectivity index (χ4v) is 2.07. The summed E-state index contributed by atoms with van der Waals surface area (Å²) < 4.78 is 5.23. The Hall–Kier alpha value is -1.14. The number of carboxylic acids is 1. The van der Waals surface area contributed by atoms with Crippen LogP contribution < -0.4 is 5.32 Å². The minimum Gasteiger partial charge on any atom is -0.481 e. The highest BCUT2D eigenvalue weighted by Gasteiger charge is 2.37. The van der Waals surface area contributed by atoms with Gasteiger partial charge in [0, 0.05) is 26.1 Å². The molecule has 0 radical (unpaired) electrons. The number of carbonyl (C=O) groups excluding carboxylic acids is 1. The number of carbonyl (C=O) groups is 2. The Balaban J connectivity index is 2.48. The van der Waals surface area contributed by atoms with Gasteiger partial charge in [-0.3, -0.25) is 14.5 Å². The van der Waals surface area contributed by atoms with Gasteiger partial charge in [-0.15, -0.1) is 0 Å². The first kappa shape index (κ1) is 13.9. The molecule has 17 heavy (non-hydrogen) atoms. The highest BCUT2D eigenvalue weighted by atomic mass is 16.5. The summed E-state index contributed by atoms with van der Waals surface area (Å²) in [6.07, 6.45) is 0. The molecular formula is C11H20N2O4. The molecule has 2 N–H and O–H groups in total. The van der Waals surface area contributed by atoms with E-state index in [1.165, 1.54) is 6.92 Å². The summed E-state index contributed by atoms with van der Waals surface area (Å²) in [4.78, 5) is 23.8. The number of ether oxygens (including phenoxy) is 1. The number of carboxylic acid groups (broad SMARTS) is 1. The lowest BCUT2D eigenvalue weighted by Gasteiger charge is -2.28. The van der Waals surface area contributed by atoms with E-state index in [4.69, 9.17) is 9.84 Å². The Morgan fingerprint density at radius 1 is 1.47 bits per heavy atom. The summed E-state index contributed by atoms with van der Waals surface area (Å²) in [5.74, 6) is -1.35. The van der Waals surface area contributed by atoms with Crippen molar-refractivity contribution < 1.29 is 19.4 Å². The van der Waals surface area contributed by atoms with E-state index in [1.807, 2.05) is 11.8 Å². The van der Waals surface area contributed by atoms with Gasteiger partial charge in [0.15, 0.2) is 0 Å². The van der Waals surface area contributed by atoms with E-state index in [2.05, 4.69) is 5.32 Å². The molecule has 1 fully saturated rings. The maximum Gasteiger partial charge on any atom is 0.310 e. The van der Waals surface area contributed by atoms with Crippen LogP contribution in [0.4, 0.5) is 0 Å². The van der Waals surface area contributed by atoms with Crippen molar-refractivity contribution in [2.75, 3.05) is 32.8 Å². The third kappa shape index (κ3) is 3.98. The third-order valence-electron chi connectivity index (χ3n) is 3.02. The van der Waals surface area contributed by atoms with E-state index in [1.54, 1.807) is 0 Å². The molecule has 98 valence electrons. The molecule has 0 spiro atoms. The van der Waals surface area contributed by atoms with E-state index in [0.717, 1.165) is 6.54 Å². The van der Waals surface area contributed by atoms with Crippen LogP contribution in [0.25, 0.3) is 0 Å². The molecule has 6 nitrogen and oxygen atoms in total. The highest BCUT2D eigenvalue weighted by molar-refractivity contribution is 5.72. The second-order valence-electron chi connectivity index (χ2n) is 4.16. The number of rotatable bonds is 6. The van der Waals surface area contributed by atoms with Crippen molar-refractivity contribution in [3.8, 4) is 0 Å². The second kappa shape index (κ2) is 6.56. The van der Waals surface area contributed by atoms with Crippen molar-refractivity contribution in [3.05, 3.63) is 0 Å². The predicted octanol–water partition coefficient (Wildman–Crippen LogP) is -0.456. The maximum atomic E-state index is 11.0. The van der Waals surface area contributed by atoms with Crippen LogP contribution in [0.1, 0.15) is 13.8 Å². The molecule has 1 aliphatic rings. The molecule has 6 heteroatoms. The topological polar surface area (TPSA) is 78.9 Å². The monoisotopic (exact) mass is 244 g/mol. The van der Waals surface area contributed by atoms with E-state index >= 15 is 0 Å². The SMILES string of the molecule is CCN(CCNC(C)=O)C1COCC1C(=O)O. The van der Waals surface area contributed by atoms with Crippen LogP contribution in [0.5, 0.6) is 0 Å². The number of hydrogen-bond acceptors (Lipinski definition) is 4. The minimum atomic E-state index is -0.814. The number of amides is 1. The lowest BCUT2D eigenvalue weighted by Crippen LogP contribution is -2.46. The molecule has 2 unspecified atom stereocenters. The summed E-state index contributed by atoms with van der Waals surface area (Å²) in [5.41, 5.74) is 0. The molecule has 2 atom stereocenters. The largest absolute Gasteiger partial charge is 0.481 e. The van der Waals surface area contributed by atoms with E-state index in [-0.39, 0.29) is 18.6 Å². The maximum absolute atomic E-state index is 11.0. The average molecular weight is 244 g/mol. The van der Waals surface area contributed by atoms with Gasteiger partial charge in [-0.25, -0.2) is 0 Å². The highest BCUT2D eigenvalue weighted by Crippen LogP contribution is 2.19. The molecular weight excluding hydrogens is 224 g/mol. The van der Waals surface area contributed by atoms with Crippen LogP contribution in [0.3, 0.4) is 0 Å². The molecule has 0 saturated carbocycles. The smallest absolute Gasteiger partial charge is 0.310 e. The number of nitrogens with one attached hydrogen (secondary N) is 1. The van der Waals surface area contributed by atoms with Crippen LogP contribution in [0.2, 0.25) is 0 Å². The zero-order valence-corrected chi connectivity index (χ0v) is 10.3. The number of likely N-dealkylation sites (N-methyl/N-ethyl adjacent to an activating group) is 1. The fraction of sp³-hybridized carbons (Fsp3) is 0.818. The second-order valence-corrected chi connectivity index (χ2v) is 4.16. The first-order valence-electron chi connectivity index (χ1n) is 5.85. The Bertz CT molecular complexity index is 283.